The van der Waals surface area contributed by atoms with E-state index in [1.807, 2.05) is 37.3 Å². The van der Waals surface area contributed by atoms with Crippen LogP contribution in [0.5, 0.6) is 0 Å². The van der Waals surface area contributed by atoms with Crippen LogP contribution in [-0.2, 0) is 16.4 Å². The minimum atomic E-state index is -3.33. The van der Waals surface area contributed by atoms with E-state index in [1.54, 1.807) is 12.4 Å². The van der Waals surface area contributed by atoms with Gasteiger partial charge in [0.1, 0.15) is 5.82 Å². The normalized spacial score (nSPS) is 13.2. The van der Waals surface area contributed by atoms with Crippen molar-refractivity contribution in [3.63, 3.8) is 0 Å². The van der Waals surface area contributed by atoms with Crippen LogP contribution in [0.15, 0.2) is 42.7 Å². The quantitative estimate of drug-likeness (QED) is 0.820. The molecule has 0 amide bonds. The van der Waals surface area contributed by atoms with E-state index < -0.39 is 10.0 Å². The fraction of sp³-hybridized carbons (Fsp3) is 0.357. The lowest BCUT2D eigenvalue weighted by atomic mass is 10.2. The Kier molecular flexibility index (Phi) is 4.92. The van der Waals surface area contributed by atoms with Crippen LogP contribution in [0.3, 0.4) is 0 Å². The predicted molar refractivity (Wildman–Crippen MR) is 78.7 cm³/mol. The Balaban J connectivity index is 1.96. The Morgan fingerprint density at radius 1 is 1.30 bits per heavy atom. The molecule has 0 fully saturated rings. The molecule has 0 aliphatic rings. The van der Waals surface area contributed by atoms with Gasteiger partial charge in [-0.1, -0.05) is 37.3 Å². The van der Waals surface area contributed by atoms with Crippen LogP contribution >= 0.6 is 0 Å². The molecule has 1 heterocycles. The van der Waals surface area contributed by atoms with Crippen LogP contribution in [0.25, 0.3) is 0 Å². The van der Waals surface area contributed by atoms with Crippen molar-refractivity contribution >= 4 is 10.0 Å². The average molecular weight is 293 g/mol. The highest BCUT2D eigenvalue weighted by Gasteiger charge is 2.19. The third-order valence-corrected chi connectivity index (χ3v) is 4.47. The Morgan fingerprint density at radius 2 is 2.05 bits per heavy atom. The van der Waals surface area contributed by atoms with Crippen molar-refractivity contribution in [3.8, 4) is 0 Å². The van der Waals surface area contributed by atoms with E-state index in [4.69, 9.17) is 0 Å². The number of benzene rings is 1. The lowest BCUT2D eigenvalue weighted by Gasteiger charge is -2.14. The summed E-state index contributed by atoms with van der Waals surface area (Å²) in [5.41, 5.74) is 1.02. The topological polar surface area (TPSA) is 74.8 Å². The van der Waals surface area contributed by atoms with Gasteiger partial charge in [0.05, 0.1) is 11.8 Å². The number of hydrogen-bond donors (Lipinski definition) is 2. The number of imidazole rings is 1. The summed E-state index contributed by atoms with van der Waals surface area (Å²) in [4.78, 5) is 7.05. The largest absolute Gasteiger partial charge is 0.347 e. The maximum atomic E-state index is 12.1. The molecule has 20 heavy (non-hydrogen) atoms. The molecule has 1 aromatic carbocycles. The zero-order valence-electron chi connectivity index (χ0n) is 11.4. The van der Waals surface area contributed by atoms with Gasteiger partial charge in [0.15, 0.2) is 0 Å². The number of nitrogens with zero attached hydrogens (tertiary/aromatic N) is 1. The number of aromatic nitrogens is 2. The molecule has 0 aliphatic carbocycles. The molecule has 0 radical (unpaired) electrons. The van der Waals surface area contributed by atoms with Gasteiger partial charge < -0.3 is 4.98 Å². The van der Waals surface area contributed by atoms with Gasteiger partial charge in [-0.2, -0.15) is 0 Å². The first-order valence-electron chi connectivity index (χ1n) is 6.64. The molecule has 6 heteroatoms. The number of hydrogen-bond acceptors (Lipinski definition) is 3. The fourth-order valence-electron chi connectivity index (χ4n) is 1.97. The number of H-pyrrole nitrogens is 1. The SMILES string of the molecule is CCC(NS(=O)(=O)CCc1ccccc1)c1ncc[nH]1. The second-order valence-electron chi connectivity index (χ2n) is 4.61. The summed E-state index contributed by atoms with van der Waals surface area (Å²) in [5.74, 6) is 0.726. The summed E-state index contributed by atoms with van der Waals surface area (Å²) >= 11 is 0. The van der Waals surface area contributed by atoms with Gasteiger partial charge in [-0.25, -0.2) is 18.1 Å². The van der Waals surface area contributed by atoms with Crippen LogP contribution in [0.2, 0.25) is 0 Å². The molecule has 2 aromatic rings. The second kappa shape index (κ2) is 6.67. The molecule has 1 aromatic heterocycles. The first kappa shape index (κ1) is 14.7. The van der Waals surface area contributed by atoms with E-state index >= 15 is 0 Å². The smallest absolute Gasteiger partial charge is 0.212 e. The maximum absolute atomic E-state index is 12.1. The van der Waals surface area contributed by atoms with Crippen LogP contribution in [0, 0.1) is 0 Å². The van der Waals surface area contributed by atoms with E-state index in [2.05, 4.69) is 14.7 Å². The third kappa shape index (κ3) is 4.18. The average Bonchev–Trinajstić information content (AvgIpc) is 2.98. The fourth-order valence-corrected chi connectivity index (χ4v) is 3.31. The molecule has 1 atom stereocenters. The van der Waals surface area contributed by atoms with Crippen molar-refractivity contribution in [2.75, 3.05) is 5.75 Å². The van der Waals surface area contributed by atoms with E-state index in [1.165, 1.54) is 0 Å². The van der Waals surface area contributed by atoms with Crippen molar-refractivity contribution in [2.45, 2.75) is 25.8 Å². The van der Waals surface area contributed by atoms with Gasteiger partial charge >= 0.3 is 0 Å². The summed E-state index contributed by atoms with van der Waals surface area (Å²) in [6, 6.07) is 9.30. The van der Waals surface area contributed by atoms with Crippen molar-refractivity contribution in [3.05, 3.63) is 54.1 Å². The van der Waals surface area contributed by atoms with Crippen molar-refractivity contribution in [1.29, 1.82) is 0 Å². The lowest BCUT2D eigenvalue weighted by molar-refractivity contribution is 0.539. The molecule has 0 bridgehead atoms. The minimum absolute atomic E-state index is 0.0776. The van der Waals surface area contributed by atoms with Gasteiger partial charge in [0.2, 0.25) is 10.0 Å². The standard InChI is InChI=1S/C14H19N3O2S/c1-2-13(14-15-9-10-16-14)17-20(18,19)11-8-12-6-4-3-5-7-12/h3-7,9-10,13,17H,2,8,11H2,1H3,(H,15,16). The zero-order valence-corrected chi connectivity index (χ0v) is 12.2. The monoisotopic (exact) mass is 293 g/mol. The molecule has 0 saturated heterocycles. The highest BCUT2D eigenvalue weighted by Crippen LogP contribution is 2.13. The minimum Gasteiger partial charge on any atom is -0.347 e. The molecule has 1 unspecified atom stereocenters. The third-order valence-electron chi connectivity index (χ3n) is 3.08. The Bertz CT molecular complexity index is 609. The van der Waals surface area contributed by atoms with Crippen LogP contribution in [0.1, 0.15) is 30.8 Å². The van der Waals surface area contributed by atoms with Gasteiger partial charge in [-0.05, 0) is 18.4 Å². The molecule has 0 spiro atoms. The molecule has 108 valence electrons. The molecule has 0 aliphatic heterocycles. The van der Waals surface area contributed by atoms with Gasteiger partial charge in [-0.3, -0.25) is 0 Å². The first-order chi connectivity index (χ1) is 9.61. The van der Waals surface area contributed by atoms with Crippen molar-refractivity contribution < 1.29 is 8.42 Å². The van der Waals surface area contributed by atoms with Gasteiger partial charge in [0.25, 0.3) is 0 Å². The Hall–Kier alpha value is -1.66. The molecule has 5 nitrogen and oxygen atoms in total. The number of sulfonamides is 1. The number of aromatic amines is 1. The second-order valence-corrected chi connectivity index (χ2v) is 6.48. The van der Waals surface area contributed by atoms with Crippen LogP contribution in [0.4, 0.5) is 0 Å². The van der Waals surface area contributed by atoms with E-state index in [-0.39, 0.29) is 11.8 Å². The van der Waals surface area contributed by atoms with Gasteiger partial charge in [0, 0.05) is 12.4 Å². The zero-order chi connectivity index (χ0) is 14.4. The van der Waals surface area contributed by atoms with E-state index in [0.29, 0.717) is 18.7 Å². The highest BCUT2D eigenvalue weighted by molar-refractivity contribution is 7.89. The van der Waals surface area contributed by atoms with Gasteiger partial charge in [-0.15, -0.1) is 0 Å². The molecular weight excluding hydrogens is 274 g/mol. The Morgan fingerprint density at radius 3 is 2.65 bits per heavy atom. The summed E-state index contributed by atoms with van der Waals surface area (Å²) < 4.78 is 26.9. The Labute approximate surface area is 119 Å². The molecular formula is C14H19N3O2S. The maximum Gasteiger partial charge on any atom is 0.212 e. The molecule has 0 saturated carbocycles. The number of aryl methyl sites for hydroxylation is 1. The van der Waals surface area contributed by atoms with E-state index in [9.17, 15) is 8.42 Å². The van der Waals surface area contributed by atoms with Crippen LogP contribution < -0.4 is 4.72 Å². The first-order valence-corrected chi connectivity index (χ1v) is 8.29. The van der Waals surface area contributed by atoms with Crippen LogP contribution in [-0.4, -0.2) is 24.1 Å². The predicted octanol–water partition coefficient (Wildman–Crippen LogP) is 2.02. The van der Waals surface area contributed by atoms with Crippen molar-refractivity contribution in [2.24, 2.45) is 0 Å². The highest BCUT2D eigenvalue weighted by atomic mass is 32.2. The number of rotatable bonds is 7. The summed E-state index contributed by atoms with van der Waals surface area (Å²) in [7, 11) is -3.33. The lowest BCUT2D eigenvalue weighted by Crippen LogP contribution is -2.31. The summed E-state index contributed by atoms with van der Waals surface area (Å²) in [6.07, 6.45) is 4.47. The molecule has 2 N–H and O–H groups in total. The summed E-state index contributed by atoms with van der Waals surface area (Å²) in [6.45, 7) is 1.92. The van der Waals surface area contributed by atoms with Crippen molar-refractivity contribution in [1.82, 2.24) is 14.7 Å². The molecule has 2 rings (SSSR count). The number of nitrogens with one attached hydrogen (secondary N) is 2. The van der Waals surface area contributed by atoms with E-state index in [0.717, 1.165) is 5.56 Å². The summed E-state index contributed by atoms with van der Waals surface area (Å²) in [5, 5.41) is 0.